The first kappa shape index (κ1) is 23.7. The van der Waals surface area contributed by atoms with E-state index in [-0.39, 0.29) is 17.4 Å². The maximum absolute atomic E-state index is 13.9. The van der Waals surface area contributed by atoms with E-state index in [1.807, 2.05) is 45.0 Å². The Labute approximate surface area is 194 Å². The fourth-order valence-electron chi connectivity index (χ4n) is 5.71. The summed E-state index contributed by atoms with van der Waals surface area (Å²) in [4.78, 5) is 41.0. The molecule has 8 heteroatoms. The van der Waals surface area contributed by atoms with Crippen molar-refractivity contribution in [1.29, 1.82) is 0 Å². The third-order valence-corrected chi connectivity index (χ3v) is 7.19. The predicted octanol–water partition coefficient (Wildman–Crippen LogP) is 3.87. The summed E-state index contributed by atoms with van der Waals surface area (Å²) in [5, 5.41) is 12.6. The molecule has 3 fully saturated rings. The first-order valence-electron chi connectivity index (χ1n) is 12.0. The molecule has 33 heavy (non-hydrogen) atoms. The van der Waals surface area contributed by atoms with Gasteiger partial charge in [-0.25, -0.2) is 4.79 Å². The highest BCUT2D eigenvalue weighted by molar-refractivity contribution is 5.89. The molecule has 8 nitrogen and oxygen atoms in total. The molecule has 0 unspecified atom stereocenters. The molecule has 3 aliphatic rings. The average molecular weight is 459 g/mol. The van der Waals surface area contributed by atoms with Crippen LogP contribution in [0.4, 0.5) is 0 Å². The number of rotatable bonds is 6. The predicted molar refractivity (Wildman–Crippen MR) is 121 cm³/mol. The van der Waals surface area contributed by atoms with Crippen LogP contribution in [0.2, 0.25) is 0 Å². The van der Waals surface area contributed by atoms with Gasteiger partial charge in [0.1, 0.15) is 18.2 Å². The Kier molecular flexibility index (Phi) is 6.49. The van der Waals surface area contributed by atoms with Gasteiger partial charge in [0.15, 0.2) is 0 Å². The van der Waals surface area contributed by atoms with E-state index < -0.39 is 41.5 Å². The van der Waals surface area contributed by atoms with Crippen molar-refractivity contribution >= 4 is 11.9 Å². The van der Waals surface area contributed by atoms with Crippen LogP contribution in [-0.4, -0.2) is 53.1 Å². The Balaban J connectivity index is 1.92. The maximum Gasteiger partial charge on any atom is 0.329 e. The Bertz CT molecular complexity index is 916. The van der Waals surface area contributed by atoms with E-state index in [0.29, 0.717) is 18.9 Å². The lowest BCUT2D eigenvalue weighted by molar-refractivity contribution is -0.536. The minimum absolute atomic E-state index is 0.139. The number of nitrogens with zero attached hydrogens (tertiary/aromatic N) is 2. The molecule has 180 valence electrons. The highest BCUT2D eigenvalue weighted by Crippen LogP contribution is 2.53. The van der Waals surface area contributed by atoms with Gasteiger partial charge in [-0.15, -0.1) is 0 Å². The van der Waals surface area contributed by atoms with Crippen LogP contribution in [0.5, 0.6) is 0 Å². The number of likely N-dealkylation sites (tertiary alicyclic amines) is 1. The fourth-order valence-corrected chi connectivity index (χ4v) is 5.71. The number of ether oxygens (including phenoxy) is 2. The van der Waals surface area contributed by atoms with Crippen LogP contribution in [0.15, 0.2) is 24.3 Å². The molecule has 1 aromatic rings. The summed E-state index contributed by atoms with van der Waals surface area (Å²) in [6.45, 7) is 7.99. The third kappa shape index (κ3) is 4.37. The molecule has 0 spiro atoms. The Hall–Kier alpha value is -2.48. The van der Waals surface area contributed by atoms with E-state index in [2.05, 4.69) is 0 Å². The lowest BCUT2D eigenvalue weighted by Gasteiger charge is -2.34. The number of hydrogen-bond donors (Lipinski definition) is 0. The molecule has 0 radical (unpaired) electrons. The van der Waals surface area contributed by atoms with Crippen LogP contribution in [0.25, 0.3) is 0 Å². The molecule has 0 aromatic heterocycles. The van der Waals surface area contributed by atoms with E-state index in [1.165, 1.54) is 4.90 Å². The first-order valence-corrected chi connectivity index (χ1v) is 12.0. The number of esters is 1. The van der Waals surface area contributed by atoms with Gasteiger partial charge in [0.25, 0.3) is 5.91 Å². The van der Waals surface area contributed by atoms with Crippen molar-refractivity contribution in [1.82, 2.24) is 4.90 Å². The molecule has 0 bridgehead atoms. The van der Waals surface area contributed by atoms with E-state index in [4.69, 9.17) is 9.47 Å². The molecule has 2 saturated heterocycles. The van der Waals surface area contributed by atoms with Gasteiger partial charge in [-0.2, -0.15) is 0 Å². The van der Waals surface area contributed by atoms with Gasteiger partial charge in [0.2, 0.25) is 6.04 Å². The third-order valence-electron chi connectivity index (χ3n) is 7.19. The quantitative estimate of drug-likeness (QED) is 0.365. The van der Waals surface area contributed by atoms with Crippen molar-refractivity contribution in [3.8, 4) is 0 Å². The zero-order valence-electron chi connectivity index (χ0n) is 19.9. The number of benzene rings is 1. The fraction of sp³-hybridized carbons (Fsp3) is 0.680. The van der Waals surface area contributed by atoms with Gasteiger partial charge in [-0.05, 0) is 55.1 Å². The summed E-state index contributed by atoms with van der Waals surface area (Å²) in [5.41, 5.74) is 1.19. The molecule has 0 N–H and O–H groups in total. The highest BCUT2D eigenvalue weighted by Gasteiger charge is 2.65. The first-order chi connectivity index (χ1) is 15.7. The van der Waals surface area contributed by atoms with Crippen LogP contribution >= 0.6 is 0 Å². The monoisotopic (exact) mass is 458 g/mol. The Morgan fingerprint density at radius 3 is 2.36 bits per heavy atom. The van der Waals surface area contributed by atoms with E-state index in [9.17, 15) is 19.7 Å². The molecule has 1 aliphatic carbocycles. The second kappa shape index (κ2) is 9.05. The molecule has 4 rings (SSSR count). The largest absolute Gasteiger partial charge is 0.464 e. The summed E-state index contributed by atoms with van der Waals surface area (Å²) in [6.07, 6.45) is 2.65. The zero-order chi connectivity index (χ0) is 23.9. The molecule has 1 amide bonds. The maximum atomic E-state index is 13.9. The number of nitro groups is 1. The molecular formula is C25H34N2O6. The molecule has 2 heterocycles. The summed E-state index contributed by atoms with van der Waals surface area (Å²) < 4.78 is 11.1. The summed E-state index contributed by atoms with van der Waals surface area (Å²) in [6, 6.07) is 4.65. The van der Waals surface area contributed by atoms with Crippen molar-refractivity contribution in [2.45, 2.75) is 83.5 Å². The molecule has 2 aliphatic heterocycles. The number of carbonyl (C=O) groups is 2. The van der Waals surface area contributed by atoms with Crippen LogP contribution in [-0.2, 0) is 19.1 Å². The van der Waals surface area contributed by atoms with Gasteiger partial charge in [-0.3, -0.25) is 14.9 Å². The van der Waals surface area contributed by atoms with E-state index in [0.717, 1.165) is 30.4 Å². The van der Waals surface area contributed by atoms with Crippen molar-refractivity contribution in [2.24, 2.45) is 11.3 Å². The lowest BCUT2D eigenvalue weighted by atomic mass is 9.72. The van der Waals surface area contributed by atoms with Crippen molar-refractivity contribution in [3.63, 3.8) is 0 Å². The lowest BCUT2D eigenvalue weighted by Crippen LogP contribution is -2.50. The van der Waals surface area contributed by atoms with E-state index in [1.54, 1.807) is 6.92 Å². The van der Waals surface area contributed by atoms with Gasteiger partial charge in [0.05, 0.1) is 12.5 Å². The Morgan fingerprint density at radius 1 is 1.18 bits per heavy atom. The van der Waals surface area contributed by atoms with Gasteiger partial charge in [0, 0.05) is 11.5 Å². The highest BCUT2D eigenvalue weighted by atomic mass is 16.6. The van der Waals surface area contributed by atoms with Crippen LogP contribution in [0.1, 0.15) is 76.5 Å². The van der Waals surface area contributed by atoms with Gasteiger partial charge in [-0.1, -0.05) is 45.0 Å². The van der Waals surface area contributed by atoms with Crippen molar-refractivity contribution in [2.75, 3.05) is 13.2 Å². The standard InChI is InChI=1S/C25H34N2O6/c1-5-32-24(29)22-19(25(2,3)4)21(27(30)31)20(26(22)23(28)18-11-8-14-33-18)17-10-7-6-9-16(17)15-12-13-15/h6-7,9-10,15,18-22H,5,8,11-14H2,1-4H3/t18-,19-,20-,21-,22-/m0/s1. The van der Waals surface area contributed by atoms with Crippen LogP contribution < -0.4 is 0 Å². The minimum Gasteiger partial charge on any atom is -0.464 e. The second-order valence-electron chi connectivity index (χ2n) is 10.5. The number of amides is 1. The zero-order valence-corrected chi connectivity index (χ0v) is 19.9. The van der Waals surface area contributed by atoms with Crippen LogP contribution in [0.3, 0.4) is 0 Å². The van der Waals surface area contributed by atoms with Crippen molar-refractivity contribution < 1.29 is 24.0 Å². The van der Waals surface area contributed by atoms with Crippen molar-refractivity contribution in [3.05, 3.63) is 45.5 Å². The minimum atomic E-state index is -1.13. The number of hydrogen-bond acceptors (Lipinski definition) is 6. The normalized spacial score (nSPS) is 29.8. The molecule has 1 aromatic carbocycles. The van der Waals surface area contributed by atoms with E-state index >= 15 is 0 Å². The average Bonchev–Trinajstić information content (AvgIpc) is 3.32. The van der Waals surface area contributed by atoms with Gasteiger partial charge >= 0.3 is 5.97 Å². The Morgan fingerprint density at radius 2 is 1.85 bits per heavy atom. The summed E-state index contributed by atoms with van der Waals surface area (Å²) >= 11 is 0. The smallest absolute Gasteiger partial charge is 0.329 e. The van der Waals surface area contributed by atoms with Crippen LogP contribution in [0, 0.1) is 21.4 Å². The SMILES string of the molecule is CCOC(=O)[C@@H]1[C@@H](C(C)(C)C)[C@H]([N+](=O)[O-])[C@H](c2ccccc2C2CC2)N1C(=O)[C@@H]1CCCO1. The second-order valence-corrected chi connectivity index (χ2v) is 10.5. The summed E-state index contributed by atoms with van der Waals surface area (Å²) in [5.74, 6) is -1.31. The van der Waals surface area contributed by atoms with Gasteiger partial charge < -0.3 is 14.4 Å². The number of carbonyl (C=O) groups excluding carboxylic acids is 2. The molecule has 5 atom stereocenters. The molecule has 1 saturated carbocycles. The topological polar surface area (TPSA) is 99.0 Å². The summed E-state index contributed by atoms with van der Waals surface area (Å²) in [7, 11) is 0. The molecular weight excluding hydrogens is 424 g/mol.